The van der Waals surface area contributed by atoms with E-state index in [1.807, 2.05) is 0 Å². The molecule has 2 rings (SSSR count). The van der Waals surface area contributed by atoms with E-state index in [1.165, 1.54) is 18.5 Å². The molecule has 0 fully saturated rings. The fraction of sp³-hybridized carbons (Fsp3) is 0. The van der Waals surface area contributed by atoms with E-state index in [4.69, 9.17) is 0 Å². The molecule has 2 heterocycles. The van der Waals surface area contributed by atoms with Crippen LogP contribution in [0, 0.1) is 0 Å². The molecule has 0 spiro atoms. The van der Waals surface area contributed by atoms with Crippen molar-refractivity contribution in [1.82, 2.24) is 9.32 Å². The topological polar surface area (TPSA) is 65.1 Å². The SMILES string of the molecule is O=c1oc(=O)n(P)c2cnccc12. The summed E-state index contributed by atoms with van der Waals surface area (Å²) in [5.74, 6) is -0.712. The van der Waals surface area contributed by atoms with Crippen LogP contribution in [-0.2, 0) is 0 Å². The lowest BCUT2D eigenvalue weighted by Crippen LogP contribution is -2.19. The van der Waals surface area contributed by atoms with Crippen LogP contribution in [0.1, 0.15) is 0 Å². The first-order chi connectivity index (χ1) is 6.20. The Morgan fingerprint density at radius 3 is 3.00 bits per heavy atom. The number of pyridine rings is 1. The monoisotopic (exact) mass is 196 g/mol. The zero-order valence-corrected chi connectivity index (χ0v) is 7.58. The third kappa shape index (κ3) is 1.17. The van der Waals surface area contributed by atoms with Gasteiger partial charge in [-0.2, -0.15) is 0 Å². The highest BCUT2D eigenvalue weighted by atomic mass is 31.0. The molecule has 5 nitrogen and oxygen atoms in total. The summed E-state index contributed by atoms with van der Waals surface area (Å²) in [4.78, 5) is 25.9. The lowest BCUT2D eigenvalue weighted by Gasteiger charge is -1.98. The Labute approximate surface area is 74.3 Å². The van der Waals surface area contributed by atoms with Crippen molar-refractivity contribution in [1.29, 1.82) is 0 Å². The average molecular weight is 196 g/mol. The van der Waals surface area contributed by atoms with Crippen molar-refractivity contribution in [3.63, 3.8) is 0 Å². The molecule has 13 heavy (non-hydrogen) atoms. The van der Waals surface area contributed by atoms with Crippen LogP contribution in [-0.4, -0.2) is 9.32 Å². The Morgan fingerprint density at radius 2 is 2.23 bits per heavy atom. The Kier molecular flexibility index (Phi) is 1.74. The molecule has 0 amide bonds. The number of hydrogen-bond acceptors (Lipinski definition) is 4. The number of aromatic nitrogens is 2. The molecular weight excluding hydrogens is 191 g/mol. The molecule has 0 bridgehead atoms. The molecule has 1 atom stereocenters. The standard InChI is InChI=1S/C7H5N2O3P/c10-6-4-1-2-8-3-5(4)9(13)7(11)12-6/h1-3H,13H2. The fourth-order valence-electron chi connectivity index (χ4n) is 1.03. The number of nitrogens with zero attached hydrogens (tertiary/aromatic N) is 2. The highest BCUT2D eigenvalue weighted by molar-refractivity contribution is 7.14. The molecule has 0 saturated heterocycles. The van der Waals surface area contributed by atoms with Crippen molar-refractivity contribution in [2.24, 2.45) is 0 Å². The van der Waals surface area contributed by atoms with Crippen LogP contribution in [0.15, 0.2) is 32.5 Å². The lowest BCUT2D eigenvalue weighted by atomic mass is 10.3. The number of fused-ring (bicyclic) bond motifs is 1. The molecule has 2 aromatic heterocycles. The summed E-state index contributed by atoms with van der Waals surface area (Å²) in [6.07, 6.45) is 2.90. The maximum absolute atomic E-state index is 11.1. The van der Waals surface area contributed by atoms with Gasteiger partial charge in [-0.3, -0.25) is 9.32 Å². The first kappa shape index (κ1) is 8.13. The summed E-state index contributed by atoms with van der Waals surface area (Å²) >= 11 is 0. The van der Waals surface area contributed by atoms with E-state index in [0.29, 0.717) is 10.9 Å². The van der Waals surface area contributed by atoms with Gasteiger partial charge >= 0.3 is 11.4 Å². The minimum atomic E-state index is -0.712. The minimum Gasteiger partial charge on any atom is -0.372 e. The molecule has 1 unspecified atom stereocenters. The second-order valence-electron chi connectivity index (χ2n) is 2.42. The smallest absolute Gasteiger partial charge is 0.372 e. The molecule has 0 N–H and O–H groups in total. The molecule has 0 aliphatic heterocycles. The van der Waals surface area contributed by atoms with Gasteiger partial charge in [0, 0.05) is 6.20 Å². The lowest BCUT2D eigenvalue weighted by molar-refractivity contribution is 0.454. The Hall–Kier alpha value is -1.48. The third-order valence-corrected chi connectivity index (χ3v) is 2.15. The molecule has 66 valence electrons. The van der Waals surface area contributed by atoms with Gasteiger partial charge in [-0.25, -0.2) is 9.59 Å². The van der Waals surface area contributed by atoms with E-state index < -0.39 is 11.4 Å². The van der Waals surface area contributed by atoms with Gasteiger partial charge in [0.1, 0.15) is 0 Å². The van der Waals surface area contributed by atoms with E-state index in [2.05, 4.69) is 18.8 Å². The van der Waals surface area contributed by atoms with Crippen molar-refractivity contribution in [2.45, 2.75) is 0 Å². The number of rotatable bonds is 0. The summed E-state index contributed by atoms with van der Waals surface area (Å²) < 4.78 is 5.58. The van der Waals surface area contributed by atoms with Crippen molar-refractivity contribution in [3.8, 4) is 0 Å². The van der Waals surface area contributed by atoms with Gasteiger partial charge < -0.3 is 4.42 Å². The van der Waals surface area contributed by atoms with Gasteiger partial charge in [-0.05, 0) is 15.5 Å². The maximum atomic E-state index is 11.1. The van der Waals surface area contributed by atoms with Crippen LogP contribution >= 0.6 is 9.39 Å². The van der Waals surface area contributed by atoms with E-state index in [9.17, 15) is 9.59 Å². The summed E-state index contributed by atoms with van der Waals surface area (Å²) in [7, 11) is 2.16. The van der Waals surface area contributed by atoms with Crippen LogP contribution in [0.3, 0.4) is 0 Å². The van der Waals surface area contributed by atoms with E-state index in [0.717, 1.165) is 4.34 Å². The summed E-state index contributed by atoms with van der Waals surface area (Å²) in [5.41, 5.74) is -0.199. The molecule has 0 aliphatic carbocycles. The van der Waals surface area contributed by atoms with Crippen LogP contribution in [0.5, 0.6) is 0 Å². The number of hydrogen-bond donors (Lipinski definition) is 0. The molecule has 6 heteroatoms. The van der Waals surface area contributed by atoms with E-state index >= 15 is 0 Å². The van der Waals surface area contributed by atoms with Crippen molar-refractivity contribution < 1.29 is 4.42 Å². The van der Waals surface area contributed by atoms with Crippen LogP contribution in [0.4, 0.5) is 0 Å². The Bertz CT molecular complexity index is 572. The Morgan fingerprint density at radius 1 is 1.46 bits per heavy atom. The highest BCUT2D eigenvalue weighted by Gasteiger charge is 2.04. The van der Waals surface area contributed by atoms with E-state index in [-0.39, 0.29) is 0 Å². The summed E-state index contributed by atoms with van der Waals surface area (Å²) in [5, 5.41) is 0.338. The van der Waals surface area contributed by atoms with Gasteiger partial charge in [0.15, 0.2) is 0 Å². The van der Waals surface area contributed by atoms with Crippen molar-refractivity contribution >= 4 is 20.3 Å². The molecule has 2 aromatic rings. The zero-order chi connectivity index (χ0) is 9.42. The first-order valence-corrected chi connectivity index (χ1v) is 3.97. The normalized spacial score (nSPS) is 10.5. The van der Waals surface area contributed by atoms with Crippen LogP contribution < -0.4 is 11.4 Å². The van der Waals surface area contributed by atoms with Gasteiger partial charge in [-0.15, -0.1) is 0 Å². The van der Waals surface area contributed by atoms with Gasteiger partial charge in [-0.1, -0.05) is 0 Å². The van der Waals surface area contributed by atoms with Crippen LogP contribution in [0.25, 0.3) is 10.9 Å². The van der Waals surface area contributed by atoms with Crippen LogP contribution in [0.2, 0.25) is 0 Å². The average Bonchev–Trinajstić information content (AvgIpc) is 2.15. The van der Waals surface area contributed by atoms with E-state index in [1.54, 1.807) is 0 Å². The van der Waals surface area contributed by atoms with Gasteiger partial charge in [0.25, 0.3) is 0 Å². The van der Waals surface area contributed by atoms with Gasteiger partial charge in [0.2, 0.25) is 0 Å². The zero-order valence-electron chi connectivity index (χ0n) is 6.43. The van der Waals surface area contributed by atoms with Crippen molar-refractivity contribution in [2.75, 3.05) is 0 Å². The quantitative estimate of drug-likeness (QED) is 0.556. The second-order valence-corrected chi connectivity index (χ2v) is 2.93. The predicted molar refractivity (Wildman–Crippen MR) is 49.6 cm³/mol. The predicted octanol–water partition coefficient (Wildman–Crippen LogP) is -0.0121. The largest absolute Gasteiger partial charge is 0.425 e. The highest BCUT2D eigenvalue weighted by Crippen LogP contribution is 2.06. The molecule has 0 aliphatic rings. The Balaban J connectivity index is 3.15. The third-order valence-electron chi connectivity index (χ3n) is 1.66. The molecule has 0 radical (unpaired) electrons. The first-order valence-electron chi connectivity index (χ1n) is 3.45. The fourth-order valence-corrected chi connectivity index (χ4v) is 1.29. The molecular formula is C7H5N2O3P. The van der Waals surface area contributed by atoms with Gasteiger partial charge in [0.05, 0.1) is 17.1 Å². The van der Waals surface area contributed by atoms with Crippen molar-refractivity contribution in [3.05, 3.63) is 39.4 Å². The summed E-state index contributed by atoms with van der Waals surface area (Å²) in [6, 6.07) is 1.50. The summed E-state index contributed by atoms with van der Waals surface area (Å²) in [6.45, 7) is 0. The molecule has 0 aromatic carbocycles. The maximum Gasteiger partial charge on any atom is 0.425 e. The molecule has 0 saturated carbocycles. The second kappa shape index (κ2) is 2.78. The minimum absolute atomic E-state index is 0.338.